The van der Waals surface area contributed by atoms with E-state index in [0.29, 0.717) is 6.67 Å². The number of hydrogen-bond acceptors (Lipinski definition) is 4. The zero-order chi connectivity index (χ0) is 47.0. The third-order valence-corrected chi connectivity index (χ3v) is 13.8. The molecule has 4 heterocycles. The van der Waals surface area contributed by atoms with Crippen LogP contribution in [0.3, 0.4) is 0 Å². The number of pyridine rings is 1. The Morgan fingerprint density at radius 1 is 0.449 bits per heavy atom. The van der Waals surface area contributed by atoms with E-state index in [9.17, 15) is 0 Å². The van der Waals surface area contributed by atoms with Crippen molar-refractivity contribution in [3.63, 3.8) is 0 Å². The first-order valence-electron chi connectivity index (χ1n) is 23.9. The summed E-state index contributed by atoms with van der Waals surface area (Å²) >= 11 is 0. The highest BCUT2D eigenvalue weighted by molar-refractivity contribution is 6.19. The number of rotatable bonds is 8. The minimum absolute atomic E-state index is 0.0651. The van der Waals surface area contributed by atoms with Gasteiger partial charge in [0.15, 0.2) is 0 Å². The predicted octanol–water partition coefficient (Wildman–Crippen LogP) is 16.1. The molecule has 11 aromatic rings. The lowest BCUT2D eigenvalue weighted by atomic mass is 9.88. The van der Waals surface area contributed by atoms with Crippen LogP contribution in [0, 0.1) is 20.8 Å². The van der Waals surface area contributed by atoms with Crippen LogP contribution < -0.4 is 14.5 Å². The van der Waals surface area contributed by atoms with Crippen molar-refractivity contribution >= 4 is 66.4 Å². The van der Waals surface area contributed by atoms with Gasteiger partial charge >= 0.3 is 0 Å². The van der Waals surface area contributed by atoms with Gasteiger partial charge in [-0.2, -0.15) is 0 Å². The van der Waals surface area contributed by atoms with Gasteiger partial charge in [0, 0.05) is 68.1 Å². The molecule has 0 unspecified atom stereocenters. The molecular formula is C63H53N5O. The first-order chi connectivity index (χ1) is 33.6. The smallest absolute Gasteiger partial charge is 0.137 e. The maximum atomic E-state index is 6.97. The summed E-state index contributed by atoms with van der Waals surface area (Å²) in [6.45, 7) is 14.0. The molecule has 0 radical (unpaired) electrons. The second-order valence-electron chi connectivity index (χ2n) is 19.5. The molecule has 69 heavy (non-hydrogen) atoms. The largest absolute Gasteiger partial charge is 0.457 e. The van der Waals surface area contributed by atoms with Crippen LogP contribution in [0.1, 0.15) is 54.2 Å². The number of anilines is 2. The molecule has 0 fully saturated rings. The second kappa shape index (κ2) is 16.5. The van der Waals surface area contributed by atoms with Gasteiger partial charge in [0.05, 0.1) is 33.5 Å². The number of benzene rings is 8. The summed E-state index contributed by atoms with van der Waals surface area (Å²) in [6, 6.07) is 69.7. The fraction of sp³-hybridized carbons (Fsp3) is 0.127. The summed E-state index contributed by atoms with van der Waals surface area (Å²) < 4.78 is 11.7. The van der Waals surface area contributed by atoms with Gasteiger partial charge in [0.2, 0.25) is 0 Å². The van der Waals surface area contributed by atoms with E-state index in [0.717, 1.165) is 67.3 Å². The Kier molecular flexibility index (Phi) is 10.0. The average Bonchev–Trinajstić information content (AvgIpc) is 4.01. The number of aromatic nitrogens is 3. The number of fused-ring (bicyclic) bond motifs is 6. The molecule has 336 valence electrons. The van der Waals surface area contributed by atoms with Crippen LogP contribution in [0.4, 0.5) is 11.4 Å². The summed E-state index contributed by atoms with van der Waals surface area (Å²) in [5.41, 5.74) is 17.4. The van der Waals surface area contributed by atoms with E-state index in [1.165, 1.54) is 55.5 Å². The topological polar surface area (TPSA) is 38.5 Å². The summed E-state index contributed by atoms with van der Waals surface area (Å²) in [7, 11) is 0. The van der Waals surface area contributed by atoms with Gasteiger partial charge in [-0.05, 0) is 110 Å². The maximum absolute atomic E-state index is 6.97. The molecule has 6 nitrogen and oxygen atoms in total. The maximum Gasteiger partial charge on any atom is 0.137 e. The van der Waals surface area contributed by atoms with Crippen LogP contribution in [0.2, 0.25) is 0 Å². The van der Waals surface area contributed by atoms with Crippen LogP contribution in [0.5, 0.6) is 11.5 Å². The monoisotopic (exact) mass is 895 g/mol. The molecule has 6 heteroatoms. The highest BCUT2D eigenvalue weighted by Gasteiger charge is 2.34. The first-order valence-corrected chi connectivity index (χ1v) is 23.9. The zero-order valence-electron chi connectivity index (χ0n) is 39.9. The molecule has 0 saturated carbocycles. The van der Waals surface area contributed by atoms with Crippen LogP contribution in [0.15, 0.2) is 200 Å². The molecular weight excluding hydrogens is 843 g/mol. The van der Waals surface area contributed by atoms with Crippen molar-refractivity contribution < 1.29 is 4.74 Å². The number of hydrogen-bond donors (Lipinski definition) is 0. The second-order valence-corrected chi connectivity index (χ2v) is 19.5. The number of aryl methyl sites for hydroxylation is 3. The quantitative estimate of drug-likeness (QED) is 0.152. The normalized spacial score (nSPS) is 13.2. The fourth-order valence-corrected chi connectivity index (χ4v) is 10.8. The van der Waals surface area contributed by atoms with E-state index < -0.39 is 0 Å². The van der Waals surface area contributed by atoms with E-state index in [-0.39, 0.29) is 5.41 Å². The van der Waals surface area contributed by atoms with Gasteiger partial charge in [-0.25, -0.2) is 4.98 Å². The van der Waals surface area contributed by atoms with Crippen molar-refractivity contribution in [2.75, 3.05) is 16.5 Å². The van der Waals surface area contributed by atoms with Gasteiger partial charge < -0.3 is 19.1 Å². The molecule has 12 rings (SSSR count). The van der Waals surface area contributed by atoms with E-state index in [1.54, 1.807) is 0 Å². The van der Waals surface area contributed by atoms with Crippen molar-refractivity contribution in [3.8, 4) is 23.0 Å². The molecule has 8 aromatic carbocycles. The van der Waals surface area contributed by atoms with Crippen molar-refractivity contribution in [2.45, 2.75) is 47.0 Å². The van der Waals surface area contributed by atoms with Gasteiger partial charge in [0.1, 0.15) is 24.0 Å². The van der Waals surface area contributed by atoms with Crippen molar-refractivity contribution in [2.24, 2.45) is 0 Å². The van der Waals surface area contributed by atoms with Gasteiger partial charge in [0.25, 0.3) is 0 Å². The number of ether oxygens (including phenoxy) is 1. The van der Waals surface area contributed by atoms with Crippen molar-refractivity contribution in [3.05, 3.63) is 234 Å². The van der Waals surface area contributed by atoms with E-state index in [1.807, 2.05) is 6.20 Å². The fourth-order valence-electron chi connectivity index (χ4n) is 10.8. The summed E-state index contributed by atoms with van der Waals surface area (Å²) in [4.78, 5) is 10.0. The molecule has 0 spiro atoms. The van der Waals surface area contributed by atoms with Gasteiger partial charge in [-0.1, -0.05) is 142 Å². The average molecular weight is 896 g/mol. The number of para-hydroxylation sites is 2. The summed E-state index contributed by atoms with van der Waals surface area (Å²) in [6.07, 6.45) is 1.95. The Bertz CT molecular complexity index is 3780. The molecule has 3 aromatic heterocycles. The first kappa shape index (κ1) is 42.0. The lowest BCUT2D eigenvalue weighted by Crippen LogP contribution is -2.28. The molecule has 0 aliphatic carbocycles. The molecule has 0 N–H and O–H groups in total. The summed E-state index contributed by atoms with van der Waals surface area (Å²) in [5.74, 6) is 2.37. The Hall–Kier alpha value is -8.35. The molecule has 0 saturated heterocycles. The molecule has 1 aliphatic heterocycles. The van der Waals surface area contributed by atoms with Crippen molar-refractivity contribution in [1.82, 2.24) is 14.1 Å². The minimum Gasteiger partial charge on any atom is -0.457 e. The SMILES string of the molecule is Cc1cc(C)c(N2CN(c3cccc(Oc4ccc5c6cc7c8ccccc8n(-c8ccccc8)c7cc6n(-c6cc(C(C)(C)C)ccn6)c5c4)c3)C(c3ccccc3)=C2c2ccccc2)c(C)c1. The lowest BCUT2D eigenvalue weighted by molar-refractivity contribution is 0.483. The Balaban J connectivity index is 1.01. The van der Waals surface area contributed by atoms with Crippen LogP contribution in [0.25, 0.3) is 66.5 Å². The zero-order valence-corrected chi connectivity index (χ0v) is 39.9. The molecule has 0 atom stereocenters. The molecule has 1 aliphatic rings. The Labute approximate surface area is 403 Å². The molecule has 0 amide bonds. The van der Waals surface area contributed by atoms with E-state index >= 15 is 0 Å². The van der Waals surface area contributed by atoms with Crippen LogP contribution >= 0.6 is 0 Å². The summed E-state index contributed by atoms with van der Waals surface area (Å²) in [5, 5.41) is 4.73. The van der Waals surface area contributed by atoms with Gasteiger partial charge in [-0.3, -0.25) is 4.57 Å². The van der Waals surface area contributed by atoms with Crippen LogP contribution in [-0.4, -0.2) is 20.8 Å². The van der Waals surface area contributed by atoms with Gasteiger partial charge in [-0.15, -0.1) is 0 Å². The predicted molar refractivity (Wildman–Crippen MR) is 288 cm³/mol. The molecule has 0 bridgehead atoms. The third-order valence-electron chi connectivity index (χ3n) is 13.8. The Morgan fingerprint density at radius 2 is 1.03 bits per heavy atom. The lowest BCUT2D eigenvalue weighted by Gasteiger charge is -2.28. The third kappa shape index (κ3) is 7.22. The minimum atomic E-state index is -0.0651. The van der Waals surface area contributed by atoms with E-state index in [4.69, 9.17) is 9.72 Å². The highest BCUT2D eigenvalue weighted by atomic mass is 16.5. The highest BCUT2D eigenvalue weighted by Crippen LogP contribution is 2.46. The number of nitrogens with zero attached hydrogens (tertiary/aromatic N) is 5. The van der Waals surface area contributed by atoms with E-state index in [2.05, 4.69) is 255 Å². The Morgan fingerprint density at radius 3 is 1.72 bits per heavy atom. The standard InChI is InChI=1S/C63H53N5O/c1-41-33-42(2)60(43(3)34-41)66-40-65(61(44-19-10-7-11-20-44)62(66)45-21-12-8-13-22-45)48-25-18-26-49(36-48)69-50-29-30-52-54-38-53-51-27-16-17-28-55(51)67(47-23-14-9-15-24-47)57(53)39-58(54)68(56(52)37-50)59-35-46(31-32-64-59)63(4,5)6/h7-39H,40H2,1-6H3. The van der Waals surface area contributed by atoms with Crippen LogP contribution in [-0.2, 0) is 5.41 Å². The van der Waals surface area contributed by atoms with Crippen molar-refractivity contribution in [1.29, 1.82) is 0 Å².